The zero-order valence-corrected chi connectivity index (χ0v) is 30.2. The summed E-state index contributed by atoms with van der Waals surface area (Å²) in [6, 6.07) is 12.6. The maximum absolute atomic E-state index is 12.4. The van der Waals surface area contributed by atoms with Crippen LogP contribution in [-0.2, 0) is 28.5 Å². The SMILES string of the molecule is COC(=O)c1sccc1S(=O)(=O)Cl.COC(=O)c1sccc1S(=O)(=O)Nc1ccc2c(c1)OCO2.Nc1ccc2c(c1)OCO2.[H-].[Na+]. The number of methoxy groups -OCH3 is 2. The molecule has 46 heavy (non-hydrogen) atoms. The molecule has 2 aliphatic rings. The number of fused-ring (bicyclic) bond motifs is 2. The van der Waals surface area contributed by atoms with Crippen LogP contribution in [0.4, 0.5) is 11.4 Å². The molecule has 0 aliphatic carbocycles. The number of nitrogen functional groups attached to an aromatic ring is 1. The maximum Gasteiger partial charge on any atom is 1.00 e. The van der Waals surface area contributed by atoms with Gasteiger partial charge in [-0.1, -0.05) is 0 Å². The summed E-state index contributed by atoms with van der Waals surface area (Å²) in [7, 11) is -0.325. The van der Waals surface area contributed by atoms with Crippen LogP contribution in [0.25, 0.3) is 0 Å². The Hall–Kier alpha value is -3.23. The Morgan fingerprint density at radius 2 is 1.26 bits per heavy atom. The zero-order valence-electron chi connectivity index (χ0n) is 25.2. The van der Waals surface area contributed by atoms with Gasteiger partial charge in [0.15, 0.2) is 23.0 Å². The summed E-state index contributed by atoms with van der Waals surface area (Å²) in [5.41, 5.74) is 6.51. The molecular formula is C26H24ClN2NaO12S4. The van der Waals surface area contributed by atoms with Crippen molar-refractivity contribution in [2.75, 3.05) is 38.3 Å². The van der Waals surface area contributed by atoms with E-state index in [1.807, 2.05) is 0 Å². The van der Waals surface area contributed by atoms with Crippen molar-refractivity contribution < 1.29 is 85.8 Å². The predicted octanol–water partition coefficient (Wildman–Crippen LogP) is 1.64. The Bertz CT molecular complexity index is 1940. The minimum Gasteiger partial charge on any atom is -1.00 e. The fraction of sp³-hybridized carbons (Fsp3) is 0.154. The maximum atomic E-state index is 12.4. The number of carbonyl (C=O) groups is 2. The van der Waals surface area contributed by atoms with Gasteiger partial charge < -0.3 is 35.6 Å². The van der Waals surface area contributed by atoms with Gasteiger partial charge in [0, 0.05) is 28.5 Å². The van der Waals surface area contributed by atoms with Crippen LogP contribution in [0.15, 0.2) is 69.1 Å². The van der Waals surface area contributed by atoms with Gasteiger partial charge >= 0.3 is 41.5 Å². The van der Waals surface area contributed by atoms with E-state index in [1.165, 1.54) is 43.2 Å². The van der Waals surface area contributed by atoms with Gasteiger partial charge in [-0.25, -0.2) is 26.4 Å². The van der Waals surface area contributed by atoms with Gasteiger partial charge in [0.25, 0.3) is 19.1 Å². The summed E-state index contributed by atoms with van der Waals surface area (Å²) in [6.45, 7) is 0.404. The Morgan fingerprint density at radius 1 is 0.783 bits per heavy atom. The van der Waals surface area contributed by atoms with Crippen molar-refractivity contribution in [3.05, 3.63) is 69.0 Å². The molecule has 0 radical (unpaired) electrons. The summed E-state index contributed by atoms with van der Waals surface area (Å²) in [5.74, 6) is 1.12. The molecule has 2 aliphatic heterocycles. The topological polar surface area (TPSA) is 196 Å². The number of hydrogen-bond donors (Lipinski definition) is 2. The number of rotatable bonds is 6. The molecule has 0 unspecified atom stereocenters. The smallest absolute Gasteiger partial charge is 1.00 e. The van der Waals surface area contributed by atoms with E-state index in [0.29, 0.717) is 29.7 Å². The minimum atomic E-state index is -3.91. The Morgan fingerprint density at radius 3 is 1.80 bits per heavy atom. The molecule has 6 rings (SSSR count). The van der Waals surface area contributed by atoms with Crippen molar-refractivity contribution in [3.8, 4) is 23.0 Å². The second kappa shape index (κ2) is 16.1. The number of hydrogen-bond acceptors (Lipinski definition) is 15. The van der Waals surface area contributed by atoms with E-state index in [0.717, 1.165) is 34.2 Å². The standard InChI is InChI=1S/C13H11NO6S2.C7H7NO2.C6H5ClO4S2.Na.H/c1-18-13(15)12-11(4-5-21-12)22(16,17)14-8-2-3-9-10(6-8)20-7-19-9;8-5-1-2-6-7(3-5)10-4-9-6;1-11-6(8)5-4(2-3-12-5)13(7,9)10;;/h2-6,14H,7H2,1H3;1-3H,4,8H2;2-3H,1H3;;/q;;;+1;-1. The number of thiophene rings is 2. The molecule has 4 aromatic rings. The molecule has 4 heterocycles. The second-order valence-corrected chi connectivity index (χ2v) is 14.5. The molecule has 242 valence electrons. The monoisotopic (exact) mass is 742 g/mol. The fourth-order valence-corrected chi connectivity index (χ4v) is 8.27. The van der Waals surface area contributed by atoms with Gasteiger partial charge in [-0.05, 0) is 47.2 Å². The van der Waals surface area contributed by atoms with Crippen LogP contribution in [0, 0.1) is 0 Å². The third-order valence-corrected chi connectivity index (χ3v) is 10.4. The molecule has 0 atom stereocenters. The third kappa shape index (κ3) is 9.19. The normalized spacial score (nSPS) is 12.3. The van der Waals surface area contributed by atoms with Crippen LogP contribution in [-0.4, -0.2) is 56.6 Å². The van der Waals surface area contributed by atoms with Crippen molar-refractivity contribution >= 4 is 75.7 Å². The largest absolute Gasteiger partial charge is 1.00 e. The number of halogens is 1. The fourth-order valence-electron chi connectivity index (χ4n) is 3.56. The predicted molar refractivity (Wildman–Crippen MR) is 166 cm³/mol. The summed E-state index contributed by atoms with van der Waals surface area (Å²) in [5, 5.41) is 2.97. The summed E-state index contributed by atoms with van der Waals surface area (Å²) in [4.78, 5) is 22.3. The van der Waals surface area contributed by atoms with E-state index in [1.54, 1.807) is 30.3 Å². The van der Waals surface area contributed by atoms with Gasteiger partial charge in [-0.2, -0.15) is 0 Å². The summed E-state index contributed by atoms with van der Waals surface area (Å²) < 4.78 is 78.5. The van der Waals surface area contributed by atoms with E-state index in [4.69, 9.17) is 35.4 Å². The number of benzene rings is 2. The molecule has 0 bridgehead atoms. The van der Waals surface area contributed by atoms with Gasteiger partial charge in [0.1, 0.15) is 19.5 Å². The summed E-state index contributed by atoms with van der Waals surface area (Å²) >= 11 is 1.97. The number of nitrogens with two attached hydrogens (primary N) is 1. The Balaban J connectivity index is 0.000000262. The molecule has 0 saturated heterocycles. The van der Waals surface area contributed by atoms with Crippen LogP contribution in [0.5, 0.6) is 23.0 Å². The molecule has 0 saturated carbocycles. The molecule has 3 N–H and O–H groups in total. The van der Waals surface area contributed by atoms with Crippen LogP contribution < -0.4 is 59.0 Å². The second-order valence-electron chi connectivity index (χ2n) is 8.44. The molecule has 20 heteroatoms. The number of nitrogens with one attached hydrogen (secondary N) is 1. The van der Waals surface area contributed by atoms with E-state index >= 15 is 0 Å². The number of sulfonamides is 1. The molecule has 0 fully saturated rings. The van der Waals surface area contributed by atoms with Crippen LogP contribution in [0.3, 0.4) is 0 Å². The first kappa shape index (κ1) is 37.2. The van der Waals surface area contributed by atoms with E-state index < -0.39 is 31.0 Å². The van der Waals surface area contributed by atoms with Crippen molar-refractivity contribution in [2.45, 2.75) is 9.79 Å². The number of esters is 2. The van der Waals surface area contributed by atoms with Crippen molar-refractivity contribution in [2.24, 2.45) is 0 Å². The van der Waals surface area contributed by atoms with E-state index in [2.05, 4.69) is 14.2 Å². The average molecular weight is 743 g/mol. The minimum absolute atomic E-state index is 0. The Labute approximate surface area is 299 Å². The van der Waals surface area contributed by atoms with Crippen molar-refractivity contribution in [1.82, 2.24) is 0 Å². The van der Waals surface area contributed by atoms with E-state index in [-0.39, 0.29) is 57.3 Å². The molecule has 0 amide bonds. The van der Waals surface area contributed by atoms with E-state index in [9.17, 15) is 26.4 Å². The first-order valence-corrected chi connectivity index (χ1v) is 17.7. The Kier molecular flexibility index (Phi) is 13.0. The zero-order chi connectivity index (χ0) is 32.8. The number of ether oxygens (including phenoxy) is 6. The first-order chi connectivity index (χ1) is 21.3. The first-order valence-electron chi connectivity index (χ1n) is 12.2. The molecule has 0 spiro atoms. The van der Waals surface area contributed by atoms with Crippen LogP contribution in [0.1, 0.15) is 20.8 Å². The van der Waals surface area contributed by atoms with Crippen LogP contribution >= 0.6 is 33.4 Å². The molecule has 2 aromatic heterocycles. The molecule has 14 nitrogen and oxygen atoms in total. The third-order valence-electron chi connectivity index (χ3n) is 5.57. The van der Waals surface area contributed by atoms with Gasteiger partial charge in [0.05, 0.1) is 19.9 Å². The van der Waals surface area contributed by atoms with Gasteiger partial charge in [-0.3, -0.25) is 4.72 Å². The van der Waals surface area contributed by atoms with Crippen LogP contribution in [0.2, 0.25) is 0 Å². The summed E-state index contributed by atoms with van der Waals surface area (Å²) in [6.07, 6.45) is 0. The molecular weight excluding hydrogens is 719 g/mol. The van der Waals surface area contributed by atoms with Crippen molar-refractivity contribution in [3.63, 3.8) is 0 Å². The molecule has 2 aromatic carbocycles. The van der Waals surface area contributed by atoms with Crippen molar-refractivity contribution in [1.29, 1.82) is 0 Å². The number of carbonyl (C=O) groups excluding carboxylic acids is 2. The van der Waals surface area contributed by atoms with Gasteiger partial charge in [0.2, 0.25) is 13.6 Å². The average Bonchev–Trinajstić information content (AvgIpc) is 3.82. The van der Waals surface area contributed by atoms with Gasteiger partial charge in [-0.15, -0.1) is 22.7 Å². The number of anilines is 2. The quantitative estimate of drug-likeness (QED) is 0.125.